The third kappa shape index (κ3) is 3.31. The molecule has 92 valence electrons. The summed E-state index contributed by atoms with van der Waals surface area (Å²) < 4.78 is 1.05. The molecule has 0 saturated heterocycles. The predicted octanol–water partition coefficient (Wildman–Crippen LogP) is 4.58. The summed E-state index contributed by atoms with van der Waals surface area (Å²) in [6, 6.07) is 10.2. The average molecular weight is 323 g/mol. The maximum atomic E-state index is 10.5. The highest BCUT2D eigenvalue weighted by atomic mass is 79.9. The summed E-state index contributed by atoms with van der Waals surface area (Å²) in [7, 11) is 0. The summed E-state index contributed by atoms with van der Waals surface area (Å²) in [5.74, 6) is -0.928. The molecule has 18 heavy (non-hydrogen) atoms. The number of halogens is 1. The van der Waals surface area contributed by atoms with Crippen LogP contribution in [0.5, 0.6) is 0 Å². The molecule has 1 aromatic carbocycles. The Kier molecular flexibility index (Phi) is 3.99. The molecule has 2 rings (SSSR count). The van der Waals surface area contributed by atoms with Gasteiger partial charge in [0.2, 0.25) is 0 Å². The second-order valence-electron chi connectivity index (χ2n) is 3.89. The Hall–Kier alpha value is -1.39. The van der Waals surface area contributed by atoms with Crippen LogP contribution in [0.25, 0.3) is 16.5 Å². The third-order valence-corrected chi connectivity index (χ3v) is 3.90. The Bertz CT molecular complexity index is 594. The second kappa shape index (κ2) is 5.50. The van der Waals surface area contributed by atoms with Gasteiger partial charge in [0.25, 0.3) is 0 Å². The molecule has 4 heteroatoms. The molecule has 0 bridgehead atoms. The zero-order valence-electron chi connectivity index (χ0n) is 9.68. The minimum absolute atomic E-state index is 0.928. The van der Waals surface area contributed by atoms with E-state index < -0.39 is 5.97 Å². The number of rotatable bonds is 3. The van der Waals surface area contributed by atoms with Crippen LogP contribution in [0.1, 0.15) is 10.4 Å². The average Bonchev–Trinajstić information content (AvgIpc) is 2.73. The van der Waals surface area contributed by atoms with E-state index in [1.807, 2.05) is 19.1 Å². The molecule has 2 nitrogen and oxygen atoms in total. The van der Waals surface area contributed by atoms with Gasteiger partial charge in [-0.3, -0.25) is 0 Å². The Labute approximate surface area is 118 Å². The molecule has 1 heterocycles. The van der Waals surface area contributed by atoms with E-state index in [2.05, 4.69) is 34.1 Å². The van der Waals surface area contributed by atoms with E-state index in [1.165, 1.54) is 5.56 Å². The molecule has 0 spiro atoms. The molecule has 0 fully saturated rings. The molecule has 0 unspecified atom stereocenters. The quantitative estimate of drug-likeness (QED) is 0.839. The van der Waals surface area contributed by atoms with Gasteiger partial charge < -0.3 is 5.11 Å². The molecule has 0 saturated carbocycles. The van der Waals surface area contributed by atoms with Gasteiger partial charge in [-0.05, 0) is 48.4 Å². The zero-order chi connectivity index (χ0) is 13.1. The van der Waals surface area contributed by atoms with Gasteiger partial charge in [0.1, 0.15) is 0 Å². The Morgan fingerprint density at radius 3 is 2.78 bits per heavy atom. The normalized spacial score (nSPS) is 11.0. The molecule has 0 amide bonds. The fourth-order valence-corrected chi connectivity index (χ4v) is 3.14. The Morgan fingerprint density at radius 1 is 1.33 bits per heavy atom. The highest BCUT2D eigenvalue weighted by molar-refractivity contribution is 9.10. The highest BCUT2D eigenvalue weighted by Gasteiger charge is 2.03. The number of aryl methyl sites for hydroxylation is 1. The van der Waals surface area contributed by atoms with Gasteiger partial charge in [0.15, 0.2) is 0 Å². The van der Waals surface area contributed by atoms with E-state index in [0.29, 0.717) is 0 Å². The lowest BCUT2D eigenvalue weighted by Gasteiger charge is -2.01. The van der Waals surface area contributed by atoms with Crippen LogP contribution >= 0.6 is 27.3 Å². The summed E-state index contributed by atoms with van der Waals surface area (Å²) in [4.78, 5) is 12.5. The van der Waals surface area contributed by atoms with Crippen molar-refractivity contribution in [1.82, 2.24) is 0 Å². The fourth-order valence-electron chi connectivity index (χ4n) is 1.63. The summed E-state index contributed by atoms with van der Waals surface area (Å²) in [5, 5.41) is 8.58. The molecule has 0 radical (unpaired) electrons. The smallest absolute Gasteiger partial charge is 0.328 e. The number of hydrogen-bond acceptors (Lipinski definition) is 2. The van der Waals surface area contributed by atoms with Crippen LogP contribution in [0.4, 0.5) is 0 Å². The van der Waals surface area contributed by atoms with E-state index in [4.69, 9.17) is 5.11 Å². The first-order valence-electron chi connectivity index (χ1n) is 5.33. The molecule has 1 aromatic heterocycles. The lowest BCUT2D eigenvalue weighted by molar-refractivity contribution is -0.131. The number of carboxylic acids is 1. The summed E-state index contributed by atoms with van der Waals surface area (Å²) >= 11 is 5.05. The molecule has 2 aromatic rings. The number of aliphatic carboxylic acids is 1. The number of hydrogen-bond donors (Lipinski definition) is 1. The van der Waals surface area contributed by atoms with Gasteiger partial charge in [-0.15, -0.1) is 11.3 Å². The van der Waals surface area contributed by atoms with E-state index >= 15 is 0 Å². The molecule has 0 atom stereocenters. The van der Waals surface area contributed by atoms with E-state index in [0.717, 1.165) is 25.9 Å². The number of carboxylic acid groups (broad SMARTS) is 1. The van der Waals surface area contributed by atoms with E-state index in [9.17, 15) is 4.79 Å². The first-order valence-corrected chi connectivity index (χ1v) is 6.94. The summed E-state index contributed by atoms with van der Waals surface area (Å²) in [6.07, 6.45) is 2.77. The second-order valence-corrected chi connectivity index (χ2v) is 5.92. The van der Waals surface area contributed by atoms with Crippen molar-refractivity contribution in [2.45, 2.75) is 6.92 Å². The Balaban J connectivity index is 2.32. The van der Waals surface area contributed by atoms with E-state index in [-0.39, 0.29) is 0 Å². The van der Waals surface area contributed by atoms with Gasteiger partial charge in [0.05, 0.1) is 0 Å². The summed E-state index contributed by atoms with van der Waals surface area (Å²) in [6.45, 7) is 2.05. The minimum Gasteiger partial charge on any atom is -0.478 e. The summed E-state index contributed by atoms with van der Waals surface area (Å²) in [5.41, 5.74) is 2.33. The lowest BCUT2D eigenvalue weighted by atomic mass is 10.1. The monoisotopic (exact) mass is 322 g/mol. The molecular weight excluding hydrogens is 312 g/mol. The molecule has 0 aliphatic carbocycles. The SMILES string of the molecule is Cc1cc(Br)cc(-c2ccc(/C=C/C(=O)O)s2)c1. The maximum Gasteiger partial charge on any atom is 0.328 e. The van der Waals surface area contributed by atoms with Crippen molar-refractivity contribution >= 4 is 39.3 Å². The topological polar surface area (TPSA) is 37.3 Å². The van der Waals surface area contributed by atoms with Gasteiger partial charge in [-0.25, -0.2) is 4.79 Å². The van der Waals surface area contributed by atoms with Crippen molar-refractivity contribution in [2.75, 3.05) is 0 Å². The maximum absolute atomic E-state index is 10.5. The first-order chi connectivity index (χ1) is 8.54. The van der Waals surface area contributed by atoms with Crippen LogP contribution in [0, 0.1) is 6.92 Å². The van der Waals surface area contributed by atoms with Crippen LogP contribution in [0.15, 0.2) is 40.9 Å². The van der Waals surface area contributed by atoms with Crippen LogP contribution < -0.4 is 0 Å². The van der Waals surface area contributed by atoms with Crippen molar-refractivity contribution in [1.29, 1.82) is 0 Å². The van der Waals surface area contributed by atoms with Crippen molar-refractivity contribution < 1.29 is 9.90 Å². The minimum atomic E-state index is -0.928. The largest absolute Gasteiger partial charge is 0.478 e. The van der Waals surface area contributed by atoms with Crippen LogP contribution in [-0.2, 0) is 4.79 Å². The van der Waals surface area contributed by atoms with Crippen molar-refractivity contribution in [2.24, 2.45) is 0 Å². The predicted molar refractivity (Wildman–Crippen MR) is 78.9 cm³/mol. The Morgan fingerprint density at radius 2 is 2.11 bits per heavy atom. The molecule has 1 N–H and O–H groups in total. The van der Waals surface area contributed by atoms with Crippen molar-refractivity contribution in [3.63, 3.8) is 0 Å². The van der Waals surface area contributed by atoms with E-state index in [1.54, 1.807) is 17.4 Å². The lowest BCUT2D eigenvalue weighted by Crippen LogP contribution is -1.84. The standard InChI is InChI=1S/C14H11BrO2S/c1-9-6-10(8-11(15)7-9)13-4-2-12(18-13)3-5-14(16)17/h2-8H,1H3,(H,16,17)/b5-3+. The first kappa shape index (κ1) is 13.1. The number of benzene rings is 1. The van der Waals surface area contributed by atoms with Crippen LogP contribution in [-0.4, -0.2) is 11.1 Å². The molecule has 0 aliphatic rings. The highest BCUT2D eigenvalue weighted by Crippen LogP contribution is 2.31. The molecular formula is C14H11BrO2S. The van der Waals surface area contributed by atoms with Crippen LogP contribution in [0.3, 0.4) is 0 Å². The van der Waals surface area contributed by atoms with Gasteiger partial charge >= 0.3 is 5.97 Å². The van der Waals surface area contributed by atoms with Gasteiger partial charge in [-0.1, -0.05) is 22.0 Å². The fraction of sp³-hybridized carbons (Fsp3) is 0.0714. The van der Waals surface area contributed by atoms with Gasteiger partial charge in [0, 0.05) is 20.3 Å². The zero-order valence-corrected chi connectivity index (χ0v) is 12.1. The van der Waals surface area contributed by atoms with Gasteiger partial charge in [-0.2, -0.15) is 0 Å². The number of thiophene rings is 1. The number of carbonyl (C=O) groups is 1. The van der Waals surface area contributed by atoms with Crippen molar-refractivity contribution in [3.05, 3.63) is 51.3 Å². The molecule has 0 aliphatic heterocycles. The van der Waals surface area contributed by atoms with Crippen LogP contribution in [0.2, 0.25) is 0 Å². The van der Waals surface area contributed by atoms with Crippen molar-refractivity contribution in [3.8, 4) is 10.4 Å². The third-order valence-electron chi connectivity index (χ3n) is 2.34.